The maximum absolute atomic E-state index is 13.4. The van der Waals surface area contributed by atoms with Crippen molar-refractivity contribution in [3.05, 3.63) is 71.9 Å². The van der Waals surface area contributed by atoms with Crippen LogP contribution in [0, 0.1) is 0 Å². The molecule has 1 atom stereocenters. The summed E-state index contributed by atoms with van der Waals surface area (Å²) >= 11 is 0. The van der Waals surface area contributed by atoms with Crippen molar-refractivity contribution >= 4 is 11.6 Å². The number of hydrogen-bond acceptors (Lipinski definition) is 4. The number of ether oxygens (including phenoxy) is 2. The van der Waals surface area contributed by atoms with E-state index in [9.17, 15) is 13.2 Å². The molecule has 0 spiro atoms. The first-order valence-electron chi connectivity index (χ1n) is 7.91. The van der Waals surface area contributed by atoms with Crippen LogP contribution in [0.15, 0.2) is 71.4 Å². The van der Waals surface area contributed by atoms with Crippen LogP contribution in [0.5, 0.6) is 5.75 Å². The fraction of sp³-hybridized carbons (Fsp3) is 0.211. The molecule has 0 aromatic heterocycles. The van der Waals surface area contributed by atoms with Crippen molar-refractivity contribution in [3.8, 4) is 5.75 Å². The molecule has 1 aliphatic rings. The molecular weight excluding hydrogens is 345 g/mol. The molecule has 2 aromatic rings. The van der Waals surface area contributed by atoms with E-state index in [1.807, 2.05) is 30.3 Å². The van der Waals surface area contributed by atoms with Crippen molar-refractivity contribution in [3.63, 3.8) is 0 Å². The predicted octanol–water partition coefficient (Wildman–Crippen LogP) is 4.72. The Balaban J connectivity index is 1.81. The molecule has 0 unspecified atom stereocenters. The Hall–Kier alpha value is -2.96. The standard InChI is InChI=1S/C19H17F3N2O2/c1-25-15-9-7-14(8-10-15)23-17(19(20,21)22)11-18-24-16(12-26-18)13-5-3-2-4-6-13/h2-11,16,23H,12H2,1H3/b17-11-/t16-/m0/s1. The van der Waals surface area contributed by atoms with Gasteiger partial charge in [0.2, 0.25) is 5.90 Å². The molecule has 3 rings (SSSR count). The van der Waals surface area contributed by atoms with Crippen molar-refractivity contribution in [2.75, 3.05) is 19.0 Å². The van der Waals surface area contributed by atoms with Gasteiger partial charge in [-0.3, -0.25) is 0 Å². The van der Waals surface area contributed by atoms with Gasteiger partial charge in [0.15, 0.2) is 0 Å². The Morgan fingerprint density at radius 3 is 2.46 bits per heavy atom. The van der Waals surface area contributed by atoms with Gasteiger partial charge in [-0.15, -0.1) is 0 Å². The molecule has 0 saturated carbocycles. The van der Waals surface area contributed by atoms with Crippen LogP contribution >= 0.6 is 0 Å². The van der Waals surface area contributed by atoms with Gasteiger partial charge in [-0.05, 0) is 29.8 Å². The number of aliphatic imine (C=N–C) groups is 1. The van der Waals surface area contributed by atoms with Gasteiger partial charge in [0.05, 0.1) is 7.11 Å². The fourth-order valence-electron chi connectivity index (χ4n) is 2.46. The molecule has 1 aliphatic heterocycles. The maximum Gasteiger partial charge on any atom is 0.431 e. The minimum absolute atomic E-state index is 0.0489. The number of benzene rings is 2. The lowest BCUT2D eigenvalue weighted by Gasteiger charge is -2.14. The molecule has 0 bridgehead atoms. The van der Waals surface area contributed by atoms with Crippen LogP contribution in [0.1, 0.15) is 11.6 Å². The van der Waals surface area contributed by atoms with Gasteiger partial charge < -0.3 is 14.8 Å². The van der Waals surface area contributed by atoms with E-state index in [2.05, 4.69) is 10.3 Å². The lowest BCUT2D eigenvalue weighted by atomic mass is 10.1. The quantitative estimate of drug-likeness (QED) is 0.837. The highest BCUT2D eigenvalue weighted by Crippen LogP contribution is 2.30. The molecule has 136 valence electrons. The van der Waals surface area contributed by atoms with Crippen LogP contribution in [0.25, 0.3) is 0 Å². The summed E-state index contributed by atoms with van der Waals surface area (Å²) in [4.78, 5) is 4.24. The Morgan fingerprint density at radius 2 is 1.85 bits per heavy atom. The van der Waals surface area contributed by atoms with Gasteiger partial charge in [0, 0.05) is 11.8 Å². The van der Waals surface area contributed by atoms with E-state index in [0.717, 1.165) is 11.6 Å². The number of hydrogen-bond donors (Lipinski definition) is 1. The smallest absolute Gasteiger partial charge is 0.431 e. The number of nitrogens with zero attached hydrogens (tertiary/aromatic N) is 1. The van der Waals surface area contributed by atoms with E-state index >= 15 is 0 Å². The Morgan fingerprint density at radius 1 is 1.15 bits per heavy atom. The summed E-state index contributed by atoms with van der Waals surface area (Å²) in [6, 6.07) is 15.1. The highest BCUT2D eigenvalue weighted by molar-refractivity contribution is 5.90. The summed E-state index contributed by atoms with van der Waals surface area (Å²) in [6.45, 7) is 0.212. The summed E-state index contributed by atoms with van der Waals surface area (Å²) in [5.41, 5.74) is 0.232. The number of methoxy groups -OCH3 is 1. The van der Waals surface area contributed by atoms with Gasteiger partial charge >= 0.3 is 6.18 Å². The van der Waals surface area contributed by atoms with Crippen molar-refractivity contribution in [1.29, 1.82) is 0 Å². The molecule has 0 radical (unpaired) electrons. The number of alkyl halides is 3. The molecule has 1 heterocycles. The van der Waals surface area contributed by atoms with Crippen LogP contribution in [-0.2, 0) is 4.74 Å². The monoisotopic (exact) mass is 362 g/mol. The van der Waals surface area contributed by atoms with Gasteiger partial charge in [-0.1, -0.05) is 30.3 Å². The number of halogens is 3. The van der Waals surface area contributed by atoms with E-state index < -0.39 is 11.9 Å². The lowest BCUT2D eigenvalue weighted by Crippen LogP contribution is -2.20. The number of allylic oxidation sites excluding steroid dienone is 1. The van der Waals surface area contributed by atoms with E-state index in [-0.39, 0.29) is 24.2 Å². The summed E-state index contributed by atoms with van der Waals surface area (Å²) in [7, 11) is 1.49. The Kier molecular flexibility index (Phi) is 5.16. The molecule has 0 fully saturated rings. The predicted molar refractivity (Wildman–Crippen MR) is 93.3 cm³/mol. The topological polar surface area (TPSA) is 42.8 Å². The second-order valence-electron chi connectivity index (χ2n) is 5.61. The van der Waals surface area contributed by atoms with Crippen LogP contribution in [0.4, 0.5) is 18.9 Å². The van der Waals surface area contributed by atoms with Gasteiger partial charge in [-0.2, -0.15) is 13.2 Å². The first-order valence-corrected chi connectivity index (χ1v) is 7.91. The fourth-order valence-corrected chi connectivity index (χ4v) is 2.46. The van der Waals surface area contributed by atoms with Gasteiger partial charge in [0.1, 0.15) is 24.1 Å². The molecule has 0 amide bonds. The largest absolute Gasteiger partial charge is 0.497 e. The summed E-state index contributed by atoms with van der Waals surface area (Å²) in [5, 5.41) is 2.37. The molecule has 0 aliphatic carbocycles. The Bertz CT molecular complexity index is 800. The van der Waals surface area contributed by atoms with E-state index in [4.69, 9.17) is 9.47 Å². The maximum atomic E-state index is 13.4. The summed E-state index contributed by atoms with van der Waals surface area (Å²) in [6.07, 6.45) is -3.69. The van der Waals surface area contributed by atoms with E-state index in [1.54, 1.807) is 12.1 Å². The average molecular weight is 362 g/mol. The van der Waals surface area contributed by atoms with E-state index in [1.165, 1.54) is 19.2 Å². The molecular formula is C19H17F3N2O2. The molecule has 26 heavy (non-hydrogen) atoms. The van der Waals surface area contributed by atoms with E-state index in [0.29, 0.717) is 5.75 Å². The zero-order valence-corrected chi connectivity index (χ0v) is 14.0. The number of rotatable bonds is 5. The second kappa shape index (κ2) is 7.51. The van der Waals surface area contributed by atoms with Crippen LogP contribution in [0.3, 0.4) is 0 Å². The van der Waals surface area contributed by atoms with Gasteiger partial charge in [-0.25, -0.2) is 4.99 Å². The number of nitrogens with one attached hydrogen (secondary N) is 1. The van der Waals surface area contributed by atoms with Crippen LogP contribution < -0.4 is 10.1 Å². The molecule has 4 nitrogen and oxygen atoms in total. The first-order chi connectivity index (χ1) is 12.5. The van der Waals surface area contributed by atoms with Crippen molar-refractivity contribution in [2.45, 2.75) is 12.2 Å². The molecule has 1 N–H and O–H groups in total. The normalized spacial score (nSPS) is 17.5. The molecule has 2 aromatic carbocycles. The third-order valence-corrected chi connectivity index (χ3v) is 3.80. The summed E-state index contributed by atoms with van der Waals surface area (Å²) in [5.74, 6) is 0.509. The molecule has 0 saturated heterocycles. The minimum Gasteiger partial charge on any atom is -0.497 e. The zero-order valence-electron chi connectivity index (χ0n) is 14.0. The van der Waals surface area contributed by atoms with Crippen molar-refractivity contribution in [1.82, 2.24) is 0 Å². The molecule has 7 heteroatoms. The third kappa shape index (κ3) is 4.36. The lowest BCUT2D eigenvalue weighted by molar-refractivity contribution is -0.0902. The van der Waals surface area contributed by atoms with Gasteiger partial charge in [0.25, 0.3) is 0 Å². The highest BCUT2D eigenvalue weighted by atomic mass is 19.4. The summed E-state index contributed by atoms with van der Waals surface area (Å²) < 4.78 is 50.4. The van der Waals surface area contributed by atoms with Crippen LogP contribution in [0.2, 0.25) is 0 Å². The number of anilines is 1. The van der Waals surface area contributed by atoms with Crippen molar-refractivity contribution in [2.24, 2.45) is 4.99 Å². The highest BCUT2D eigenvalue weighted by Gasteiger charge is 2.35. The van der Waals surface area contributed by atoms with Crippen molar-refractivity contribution < 1.29 is 22.6 Å². The Labute approximate surface area is 149 Å². The SMILES string of the molecule is COc1ccc(N/C(=C\C2=N[C@H](c3ccccc3)CO2)C(F)(F)F)cc1. The first kappa shape index (κ1) is 17.8. The zero-order chi connectivity index (χ0) is 18.6. The third-order valence-electron chi connectivity index (χ3n) is 3.80. The second-order valence-corrected chi connectivity index (χ2v) is 5.61. The van der Waals surface area contributed by atoms with Crippen LogP contribution in [-0.4, -0.2) is 25.8 Å². The minimum atomic E-state index is -4.57. The average Bonchev–Trinajstić information content (AvgIpc) is 3.10.